The van der Waals surface area contributed by atoms with Crippen LogP contribution in [0.3, 0.4) is 0 Å². The van der Waals surface area contributed by atoms with Crippen molar-refractivity contribution in [1.29, 1.82) is 5.26 Å². The Kier molecular flexibility index (Phi) is 5.66. The van der Waals surface area contributed by atoms with E-state index in [9.17, 15) is 4.79 Å². The van der Waals surface area contributed by atoms with Crippen LogP contribution in [0.5, 0.6) is 0 Å². The largest absolute Gasteiger partial charge is 0.480 e. The van der Waals surface area contributed by atoms with E-state index in [-0.39, 0.29) is 0 Å². The first kappa shape index (κ1) is 14.5. The van der Waals surface area contributed by atoms with E-state index in [1.54, 1.807) is 18.2 Å². The highest BCUT2D eigenvalue weighted by Gasteiger charge is 2.18. The lowest BCUT2D eigenvalue weighted by Gasteiger charge is -2.16. The van der Waals surface area contributed by atoms with E-state index in [2.05, 4.69) is 27.3 Å². The molecule has 0 aliphatic carbocycles. The minimum atomic E-state index is -0.896. The number of anilines is 1. The van der Waals surface area contributed by atoms with Crippen molar-refractivity contribution in [3.8, 4) is 6.07 Å². The fourth-order valence-corrected chi connectivity index (χ4v) is 2.07. The number of carboxylic acid groups (broad SMARTS) is 1. The highest BCUT2D eigenvalue weighted by atomic mass is 79.9. The second-order valence-corrected chi connectivity index (χ2v) is 4.81. The number of nitrogens with one attached hydrogen (secondary N) is 1. The summed E-state index contributed by atoms with van der Waals surface area (Å²) in [6.45, 7) is 2.01. The van der Waals surface area contributed by atoms with Crippen molar-refractivity contribution in [3.63, 3.8) is 0 Å². The number of nitriles is 1. The third-order valence-corrected chi connectivity index (χ3v) is 3.26. The standard InChI is InChI=1S/C13H15BrN2O2/c1-2-3-6-12(13(17)18)16-11-7-4-5-10(14)9(11)8-15/h4-5,7,12,16H,2-3,6H2,1H3,(H,17,18). The molecule has 0 aliphatic heterocycles. The Bertz CT molecular complexity index is 469. The number of hydrogen-bond acceptors (Lipinski definition) is 3. The van der Waals surface area contributed by atoms with Crippen molar-refractivity contribution in [2.45, 2.75) is 32.2 Å². The third-order valence-electron chi connectivity index (χ3n) is 2.60. The van der Waals surface area contributed by atoms with Gasteiger partial charge in [-0.25, -0.2) is 4.79 Å². The Labute approximate surface area is 115 Å². The highest BCUT2D eigenvalue weighted by Crippen LogP contribution is 2.25. The summed E-state index contributed by atoms with van der Waals surface area (Å²) < 4.78 is 0.662. The van der Waals surface area contributed by atoms with Crippen LogP contribution in [0.2, 0.25) is 0 Å². The normalized spacial score (nSPS) is 11.6. The Hall–Kier alpha value is -1.54. The van der Waals surface area contributed by atoms with Crippen LogP contribution in [0, 0.1) is 11.3 Å². The maximum absolute atomic E-state index is 11.1. The van der Waals surface area contributed by atoms with Crippen molar-refractivity contribution in [3.05, 3.63) is 28.2 Å². The van der Waals surface area contributed by atoms with E-state index in [4.69, 9.17) is 10.4 Å². The predicted molar refractivity (Wildman–Crippen MR) is 73.4 cm³/mol. The zero-order valence-electron chi connectivity index (χ0n) is 10.1. The van der Waals surface area contributed by atoms with Gasteiger partial charge in [-0.3, -0.25) is 0 Å². The number of aliphatic carboxylic acids is 1. The van der Waals surface area contributed by atoms with Crippen LogP contribution in [-0.2, 0) is 4.79 Å². The van der Waals surface area contributed by atoms with Gasteiger partial charge in [0.25, 0.3) is 0 Å². The number of benzene rings is 1. The molecule has 0 fully saturated rings. The van der Waals surface area contributed by atoms with Gasteiger partial charge in [0.05, 0.1) is 11.3 Å². The average Bonchev–Trinajstić information content (AvgIpc) is 2.34. The molecule has 96 valence electrons. The van der Waals surface area contributed by atoms with E-state index in [1.807, 2.05) is 6.92 Å². The summed E-state index contributed by atoms with van der Waals surface area (Å²) >= 11 is 3.28. The van der Waals surface area contributed by atoms with Crippen molar-refractivity contribution in [1.82, 2.24) is 0 Å². The lowest BCUT2D eigenvalue weighted by atomic mass is 10.1. The molecule has 2 N–H and O–H groups in total. The molecular formula is C13H15BrN2O2. The minimum Gasteiger partial charge on any atom is -0.480 e. The van der Waals surface area contributed by atoms with Crippen LogP contribution in [-0.4, -0.2) is 17.1 Å². The summed E-state index contributed by atoms with van der Waals surface area (Å²) in [7, 11) is 0. The molecule has 0 saturated heterocycles. The molecule has 5 heteroatoms. The summed E-state index contributed by atoms with van der Waals surface area (Å²) in [6.07, 6.45) is 2.32. The fraction of sp³-hybridized carbons (Fsp3) is 0.385. The lowest BCUT2D eigenvalue weighted by Crippen LogP contribution is -2.29. The number of halogens is 1. The van der Waals surface area contributed by atoms with Crippen molar-refractivity contribution in [2.75, 3.05) is 5.32 Å². The van der Waals surface area contributed by atoms with Gasteiger partial charge in [-0.15, -0.1) is 0 Å². The maximum atomic E-state index is 11.1. The van der Waals surface area contributed by atoms with E-state index in [1.165, 1.54) is 0 Å². The summed E-state index contributed by atoms with van der Waals surface area (Å²) in [5.41, 5.74) is 0.982. The van der Waals surface area contributed by atoms with E-state index < -0.39 is 12.0 Å². The monoisotopic (exact) mass is 310 g/mol. The number of hydrogen-bond donors (Lipinski definition) is 2. The van der Waals surface area contributed by atoms with Gasteiger partial charge >= 0.3 is 5.97 Å². The fourth-order valence-electron chi connectivity index (χ4n) is 1.61. The van der Waals surface area contributed by atoms with Gasteiger partial charge in [0.15, 0.2) is 0 Å². The predicted octanol–water partition coefficient (Wildman–Crippen LogP) is 3.38. The summed E-state index contributed by atoms with van der Waals surface area (Å²) in [4.78, 5) is 11.1. The molecule has 0 amide bonds. The molecule has 0 spiro atoms. The molecule has 0 bridgehead atoms. The number of unbranched alkanes of at least 4 members (excludes halogenated alkanes) is 1. The maximum Gasteiger partial charge on any atom is 0.326 e. The molecule has 1 unspecified atom stereocenters. The number of nitrogens with zero attached hydrogens (tertiary/aromatic N) is 1. The average molecular weight is 311 g/mol. The molecule has 0 heterocycles. The van der Waals surface area contributed by atoms with Gasteiger partial charge in [-0.2, -0.15) is 5.26 Å². The smallest absolute Gasteiger partial charge is 0.326 e. The SMILES string of the molecule is CCCCC(Nc1cccc(Br)c1C#N)C(=O)O. The van der Waals surface area contributed by atoms with Crippen LogP contribution in [0.4, 0.5) is 5.69 Å². The molecule has 0 aliphatic rings. The zero-order chi connectivity index (χ0) is 13.5. The molecular weight excluding hydrogens is 296 g/mol. The summed E-state index contributed by atoms with van der Waals surface area (Å²) in [5, 5.41) is 21.1. The zero-order valence-corrected chi connectivity index (χ0v) is 11.7. The second-order valence-electron chi connectivity index (χ2n) is 3.95. The van der Waals surface area contributed by atoms with E-state index in [0.29, 0.717) is 22.1 Å². The summed E-state index contributed by atoms with van der Waals surface area (Å²) in [6, 6.07) is 6.64. The number of rotatable bonds is 6. The van der Waals surface area contributed by atoms with Gasteiger partial charge in [-0.1, -0.05) is 25.8 Å². The second kappa shape index (κ2) is 7.02. The van der Waals surface area contributed by atoms with Crippen molar-refractivity contribution < 1.29 is 9.90 Å². The van der Waals surface area contributed by atoms with Gasteiger partial charge in [-0.05, 0) is 34.5 Å². The van der Waals surface area contributed by atoms with Gasteiger partial charge in [0.1, 0.15) is 12.1 Å². The van der Waals surface area contributed by atoms with Crippen molar-refractivity contribution >= 4 is 27.6 Å². The Morgan fingerprint density at radius 3 is 2.89 bits per heavy atom. The first-order valence-corrected chi connectivity index (χ1v) is 6.57. The lowest BCUT2D eigenvalue weighted by molar-refractivity contribution is -0.138. The first-order chi connectivity index (χ1) is 8.60. The van der Waals surface area contributed by atoms with Crippen LogP contribution < -0.4 is 5.32 Å². The Morgan fingerprint density at radius 1 is 1.61 bits per heavy atom. The molecule has 1 atom stereocenters. The topological polar surface area (TPSA) is 73.1 Å². The van der Waals surface area contributed by atoms with E-state index >= 15 is 0 Å². The number of carbonyl (C=O) groups is 1. The van der Waals surface area contributed by atoms with Crippen LogP contribution in [0.25, 0.3) is 0 Å². The van der Waals surface area contributed by atoms with Gasteiger partial charge in [0, 0.05) is 4.47 Å². The number of carboxylic acids is 1. The van der Waals surface area contributed by atoms with Crippen LogP contribution in [0.1, 0.15) is 31.7 Å². The third kappa shape index (κ3) is 3.74. The molecule has 1 aromatic carbocycles. The first-order valence-electron chi connectivity index (χ1n) is 5.78. The highest BCUT2D eigenvalue weighted by molar-refractivity contribution is 9.10. The van der Waals surface area contributed by atoms with Gasteiger partial charge < -0.3 is 10.4 Å². The molecule has 4 nitrogen and oxygen atoms in total. The quantitative estimate of drug-likeness (QED) is 0.844. The van der Waals surface area contributed by atoms with Crippen LogP contribution in [0.15, 0.2) is 22.7 Å². The van der Waals surface area contributed by atoms with Gasteiger partial charge in [0.2, 0.25) is 0 Å². The Morgan fingerprint density at radius 2 is 2.33 bits per heavy atom. The Balaban J connectivity index is 2.91. The molecule has 1 aromatic rings. The van der Waals surface area contributed by atoms with E-state index in [0.717, 1.165) is 12.8 Å². The molecule has 1 rings (SSSR count). The van der Waals surface area contributed by atoms with Crippen molar-refractivity contribution in [2.24, 2.45) is 0 Å². The molecule has 0 saturated carbocycles. The molecule has 0 aromatic heterocycles. The molecule has 18 heavy (non-hydrogen) atoms. The summed E-state index contributed by atoms with van der Waals surface area (Å²) in [5.74, 6) is -0.896. The molecule has 0 radical (unpaired) electrons. The van der Waals surface area contributed by atoms with Crippen LogP contribution >= 0.6 is 15.9 Å². The minimum absolute atomic E-state index is 0.431.